The molecule has 0 saturated carbocycles. The molecule has 0 bridgehead atoms. The highest BCUT2D eigenvalue weighted by atomic mass is 16.5. The summed E-state index contributed by atoms with van der Waals surface area (Å²) in [5.74, 6) is -6.58. The van der Waals surface area contributed by atoms with E-state index in [-0.39, 0.29) is 19.8 Å². The summed E-state index contributed by atoms with van der Waals surface area (Å²) in [6.45, 7) is 4.84. The summed E-state index contributed by atoms with van der Waals surface area (Å²) in [4.78, 5) is 46.7. The van der Waals surface area contributed by atoms with Crippen LogP contribution >= 0.6 is 0 Å². The molecule has 0 fully saturated rings. The molecule has 2 N–H and O–H groups in total. The molecule has 2 unspecified atom stereocenters. The first-order chi connectivity index (χ1) is 9.88. The summed E-state index contributed by atoms with van der Waals surface area (Å²) in [6.07, 6.45) is -0.487. The number of primary amides is 1. The van der Waals surface area contributed by atoms with Crippen LogP contribution in [-0.2, 0) is 33.4 Å². The van der Waals surface area contributed by atoms with Gasteiger partial charge in [-0.25, -0.2) is 0 Å². The van der Waals surface area contributed by atoms with Crippen LogP contribution in [0.3, 0.4) is 0 Å². The molecule has 21 heavy (non-hydrogen) atoms. The second kappa shape index (κ2) is 9.73. The van der Waals surface area contributed by atoms with Crippen molar-refractivity contribution < 1.29 is 33.4 Å². The molecule has 8 nitrogen and oxygen atoms in total. The lowest BCUT2D eigenvalue weighted by atomic mass is 9.88. The minimum absolute atomic E-state index is 0.0115. The van der Waals surface area contributed by atoms with E-state index < -0.39 is 42.1 Å². The number of carbonyl (C=O) groups is 4. The van der Waals surface area contributed by atoms with Gasteiger partial charge in [0.15, 0.2) is 0 Å². The van der Waals surface area contributed by atoms with Gasteiger partial charge in [-0.15, -0.1) is 0 Å². The van der Waals surface area contributed by atoms with Gasteiger partial charge in [0.25, 0.3) is 0 Å². The van der Waals surface area contributed by atoms with Crippen molar-refractivity contribution in [2.24, 2.45) is 17.6 Å². The van der Waals surface area contributed by atoms with Crippen molar-refractivity contribution in [2.45, 2.75) is 27.2 Å². The number of carbonyl (C=O) groups excluding carboxylic acids is 4. The molecule has 0 saturated heterocycles. The molecule has 0 aromatic heterocycles. The van der Waals surface area contributed by atoms with E-state index in [9.17, 15) is 19.2 Å². The zero-order chi connectivity index (χ0) is 16.4. The molecule has 2 atom stereocenters. The van der Waals surface area contributed by atoms with Crippen LogP contribution in [0.4, 0.5) is 0 Å². The molecular weight excluding hydrogens is 282 g/mol. The van der Waals surface area contributed by atoms with Crippen molar-refractivity contribution in [3.63, 3.8) is 0 Å². The van der Waals surface area contributed by atoms with Crippen LogP contribution in [0.1, 0.15) is 27.2 Å². The van der Waals surface area contributed by atoms with E-state index in [1.54, 1.807) is 20.8 Å². The second-order valence-corrected chi connectivity index (χ2v) is 4.00. The summed E-state index contributed by atoms with van der Waals surface area (Å²) < 4.78 is 14.2. The minimum Gasteiger partial charge on any atom is -0.466 e. The molecule has 0 aromatic rings. The van der Waals surface area contributed by atoms with Gasteiger partial charge < -0.3 is 19.9 Å². The third-order valence-corrected chi connectivity index (χ3v) is 2.53. The second-order valence-electron chi connectivity index (χ2n) is 4.00. The van der Waals surface area contributed by atoms with E-state index in [4.69, 9.17) is 19.9 Å². The summed E-state index contributed by atoms with van der Waals surface area (Å²) >= 11 is 0. The molecule has 8 heteroatoms. The van der Waals surface area contributed by atoms with Crippen LogP contribution in [0.25, 0.3) is 0 Å². The van der Waals surface area contributed by atoms with E-state index >= 15 is 0 Å². The number of hydrogen-bond donors (Lipinski definition) is 1. The summed E-state index contributed by atoms with van der Waals surface area (Å²) in [6, 6.07) is 0. The number of esters is 3. The lowest BCUT2D eigenvalue weighted by Gasteiger charge is -2.21. The van der Waals surface area contributed by atoms with Gasteiger partial charge in [-0.1, -0.05) is 0 Å². The van der Waals surface area contributed by atoms with E-state index in [1.165, 1.54) is 0 Å². The van der Waals surface area contributed by atoms with Crippen LogP contribution in [0, 0.1) is 11.8 Å². The highest BCUT2D eigenvalue weighted by molar-refractivity contribution is 6.01. The molecule has 1 amide bonds. The van der Waals surface area contributed by atoms with Gasteiger partial charge in [0.05, 0.1) is 32.2 Å². The fourth-order valence-corrected chi connectivity index (χ4v) is 1.70. The maximum atomic E-state index is 11.9. The first kappa shape index (κ1) is 18.9. The van der Waals surface area contributed by atoms with Crippen LogP contribution in [0.5, 0.6) is 0 Å². The van der Waals surface area contributed by atoms with Gasteiger partial charge in [-0.05, 0) is 20.8 Å². The maximum Gasteiger partial charge on any atom is 0.319 e. The first-order valence-electron chi connectivity index (χ1n) is 6.67. The van der Waals surface area contributed by atoms with Gasteiger partial charge in [0.2, 0.25) is 5.91 Å². The third-order valence-electron chi connectivity index (χ3n) is 2.53. The van der Waals surface area contributed by atoms with Crippen molar-refractivity contribution in [3.05, 3.63) is 0 Å². The Morgan fingerprint density at radius 1 is 0.857 bits per heavy atom. The summed E-state index contributed by atoms with van der Waals surface area (Å²) in [5.41, 5.74) is 5.15. The molecule has 0 aliphatic heterocycles. The van der Waals surface area contributed by atoms with E-state index in [0.29, 0.717) is 0 Å². The number of nitrogens with two attached hydrogens (primary N) is 1. The maximum absolute atomic E-state index is 11.9. The van der Waals surface area contributed by atoms with Gasteiger partial charge in [0, 0.05) is 0 Å². The van der Waals surface area contributed by atoms with Crippen LogP contribution in [-0.4, -0.2) is 43.6 Å². The quantitative estimate of drug-likeness (QED) is 0.355. The van der Waals surface area contributed by atoms with Gasteiger partial charge >= 0.3 is 17.9 Å². The fraction of sp³-hybridized carbons (Fsp3) is 0.692. The fourth-order valence-electron chi connectivity index (χ4n) is 1.70. The van der Waals surface area contributed by atoms with Gasteiger partial charge in [-0.3, -0.25) is 19.2 Å². The predicted octanol–water partition coefficient (Wildman–Crippen LogP) is -0.216. The average Bonchev–Trinajstić information content (AvgIpc) is 2.38. The Morgan fingerprint density at radius 3 is 1.76 bits per heavy atom. The monoisotopic (exact) mass is 303 g/mol. The zero-order valence-electron chi connectivity index (χ0n) is 12.4. The Labute approximate surface area is 122 Å². The molecule has 0 heterocycles. The molecule has 0 aromatic carbocycles. The van der Waals surface area contributed by atoms with Crippen molar-refractivity contribution in [2.75, 3.05) is 19.8 Å². The molecule has 0 rings (SSSR count). The van der Waals surface area contributed by atoms with Crippen molar-refractivity contribution in [3.8, 4) is 0 Å². The van der Waals surface area contributed by atoms with Crippen molar-refractivity contribution in [1.29, 1.82) is 0 Å². The Kier molecular flexibility index (Phi) is 8.75. The smallest absolute Gasteiger partial charge is 0.319 e. The highest BCUT2D eigenvalue weighted by Crippen LogP contribution is 2.21. The number of rotatable bonds is 9. The molecule has 120 valence electrons. The Bertz CT molecular complexity index is 394. The SMILES string of the molecule is CCOC(=O)CC(C(=O)OCC)C(C(N)=O)C(=O)OCC. The molecule has 0 aliphatic carbocycles. The lowest BCUT2D eigenvalue weighted by molar-refractivity contribution is -0.166. The van der Waals surface area contributed by atoms with Crippen LogP contribution in [0.2, 0.25) is 0 Å². The first-order valence-corrected chi connectivity index (χ1v) is 6.67. The number of amides is 1. The van der Waals surface area contributed by atoms with Gasteiger partial charge in [-0.2, -0.15) is 0 Å². The van der Waals surface area contributed by atoms with E-state index in [1.807, 2.05) is 0 Å². The van der Waals surface area contributed by atoms with Gasteiger partial charge in [0.1, 0.15) is 5.92 Å². The molecular formula is C13H21NO7. The molecule has 0 spiro atoms. The van der Waals surface area contributed by atoms with E-state index in [0.717, 1.165) is 0 Å². The van der Waals surface area contributed by atoms with Crippen LogP contribution < -0.4 is 5.73 Å². The normalized spacial score (nSPS) is 12.9. The zero-order valence-corrected chi connectivity index (χ0v) is 12.4. The molecule has 0 radical (unpaired) electrons. The highest BCUT2D eigenvalue weighted by Gasteiger charge is 2.41. The average molecular weight is 303 g/mol. The standard InChI is InChI=1S/C13H21NO7/c1-4-19-9(15)7-8(12(17)20-5-2)10(11(14)16)13(18)21-6-3/h8,10H,4-7H2,1-3H3,(H2,14,16). The van der Waals surface area contributed by atoms with Crippen LogP contribution in [0.15, 0.2) is 0 Å². The number of hydrogen-bond acceptors (Lipinski definition) is 7. The van der Waals surface area contributed by atoms with E-state index in [2.05, 4.69) is 0 Å². The predicted molar refractivity (Wildman–Crippen MR) is 70.7 cm³/mol. The topological polar surface area (TPSA) is 122 Å². The third kappa shape index (κ3) is 6.24. The van der Waals surface area contributed by atoms with Crippen molar-refractivity contribution in [1.82, 2.24) is 0 Å². The molecule has 0 aliphatic rings. The summed E-state index contributed by atoms with van der Waals surface area (Å²) in [5, 5.41) is 0. The largest absolute Gasteiger partial charge is 0.466 e. The van der Waals surface area contributed by atoms with Crippen molar-refractivity contribution >= 4 is 23.8 Å². The minimum atomic E-state index is -1.59. The Balaban J connectivity index is 5.28. The number of ether oxygens (including phenoxy) is 3. The Morgan fingerprint density at radius 2 is 1.33 bits per heavy atom. The summed E-state index contributed by atoms with van der Waals surface area (Å²) in [7, 11) is 0. The Hall–Kier alpha value is -2.12. The lowest BCUT2D eigenvalue weighted by Crippen LogP contribution is -2.42.